The largest absolute Gasteiger partial charge is 0.389 e. The Kier molecular flexibility index (Phi) is 3.86. The quantitative estimate of drug-likeness (QED) is 0.825. The number of likely N-dealkylation sites (tertiary alicyclic amines) is 1. The second-order valence-corrected chi connectivity index (χ2v) is 5.30. The van der Waals surface area contributed by atoms with Crippen LogP contribution >= 0.6 is 23.8 Å². The van der Waals surface area contributed by atoms with E-state index in [-0.39, 0.29) is 0 Å². The van der Waals surface area contributed by atoms with E-state index in [1.807, 2.05) is 18.2 Å². The van der Waals surface area contributed by atoms with Gasteiger partial charge in [-0.05, 0) is 38.2 Å². The van der Waals surface area contributed by atoms with Crippen LogP contribution < -0.4 is 11.1 Å². The predicted molar refractivity (Wildman–Crippen MR) is 76.9 cm³/mol. The van der Waals surface area contributed by atoms with Gasteiger partial charge in [-0.1, -0.05) is 23.8 Å². The lowest BCUT2D eigenvalue weighted by Crippen LogP contribution is -2.23. The summed E-state index contributed by atoms with van der Waals surface area (Å²) in [5, 5.41) is 4.07. The Bertz CT molecular complexity index is 436. The molecule has 1 unspecified atom stereocenters. The van der Waals surface area contributed by atoms with Gasteiger partial charge in [-0.25, -0.2) is 0 Å². The number of benzene rings is 1. The van der Waals surface area contributed by atoms with Crippen LogP contribution in [0.2, 0.25) is 5.02 Å². The third-order valence-electron chi connectivity index (χ3n) is 3.00. The summed E-state index contributed by atoms with van der Waals surface area (Å²) in [6, 6.07) is 6.21. The van der Waals surface area contributed by atoms with Crippen LogP contribution in [0.4, 0.5) is 5.69 Å². The number of thiocarbonyl (C=S) groups is 1. The fraction of sp³-hybridized carbons (Fsp3) is 0.417. The lowest BCUT2D eigenvalue weighted by Gasteiger charge is -2.15. The zero-order valence-corrected chi connectivity index (χ0v) is 11.3. The van der Waals surface area contributed by atoms with Gasteiger partial charge in [0.1, 0.15) is 4.99 Å². The highest BCUT2D eigenvalue weighted by Gasteiger charge is 2.19. The first-order chi connectivity index (χ1) is 8.06. The first-order valence-electron chi connectivity index (χ1n) is 5.60. The van der Waals surface area contributed by atoms with Gasteiger partial charge in [0.05, 0.1) is 5.02 Å². The van der Waals surface area contributed by atoms with Crippen molar-refractivity contribution in [2.75, 3.05) is 25.5 Å². The molecule has 0 saturated carbocycles. The second kappa shape index (κ2) is 5.21. The van der Waals surface area contributed by atoms with Crippen molar-refractivity contribution in [2.45, 2.75) is 12.5 Å². The number of hydrogen-bond acceptors (Lipinski definition) is 3. The number of likely N-dealkylation sites (N-methyl/N-ethyl adjacent to an activating group) is 1. The van der Waals surface area contributed by atoms with Crippen LogP contribution in [0.1, 0.15) is 12.0 Å². The summed E-state index contributed by atoms with van der Waals surface area (Å²) in [5.41, 5.74) is 7.32. The highest BCUT2D eigenvalue weighted by Crippen LogP contribution is 2.22. The summed E-state index contributed by atoms with van der Waals surface area (Å²) >= 11 is 11.0. The number of nitrogens with one attached hydrogen (secondary N) is 1. The number of hydrogen-bond donors (Lipinski definition) is 2. The minimum absolute atomic E-state index is 0.335. The highest BCUT2D eigenvalue weighted by molar-refractivity contribution is 7.80. The maximum Gasteiger partial charge on any atom is 0.105 e. The Morgan fingerprint density at radius 1 is 1.59 bits per heavy atom. The van der Waals surface area contributed by atoms with Gasteiger partial charge in [-0.3, -0.25) is 0 Å². The molecule has 5 heteroatoms. The molecule has 1 fully saturated rings. The van der Waals surface area contributed by atoms with Crippen LogP contribution in [0, 0.1) is 0 Å². The van der Waals surface area contributed by atoms with E-state index in [1.165, 1.54) is 0 Å². The third kappa shape index (κ3) is 3.09. The SMILES string of the molecule is CN1CCC(Nc2ccc(C(N)=S)c(Cl)c2)C1. The van der Waals surface area contributed by atoms with E-state index >= 15 is 0 Å². The Labute approximate surface area is 112 Å². The van der Waals surface area contributed by atoms with Gasteiger partial charge in [0.25, 0.3) is 0 Å². The lowest BCUT2D eigenvalue weighted by molar-refractivity contribution is 0.414. The van der Waals surface area contributed by atoms with Crippen molar-refractivity contribution < 1.29 is 0 Å². The Hall–Kier alpha value is -0.840. The van der Waals surface area contributed by atoms with Crippen LogP contribution in [0.3, 0.4) is 0 Å². The van der Waals surface area contributed by atoms with Crippen molar-refractivity contribution in [1.82, 2.24) is 4.90 Å². The maximum absolute atomic E-state index is 6.12. The van der Waals surface area contributed by atoms with Gasteiger partial charge >= 0.3 is 0 Å². The van der Waals surface area contributed by atoms with Gasteiger partial charge in [-0.2, -0.15) is 0 Å². The van der Waals surface area contributed by atoms with Gasteiger partial charge in [0.15, 0.2) is 0 Å². The topological polar surface area (TPSA) is 41.3 Å². The molecule has 3 N–H and O–H groups in total. The van der Waals surface area contributed by atoms with Gasteiger partial charge in [0.2, 0.25) is 0 Å². The molecule has 1 heterocycles. The maximum atomic E-state index is 6.12. The molecule has 0 aromatic heterocycles. The van der Waals surface area contributed by atoms with E-state index < -0.39 is 0 Å². The second-order valence-electron chi connectivity index (χ2n) is 4.45. The van der Waals surface area contributed by atoms with Crippen molar-refractivity contribution in [3.05, 3.63) is 28.8 Å². The summed E-state index contributed by atoms with van der Waals surface area (Å²) in [4.78, 5) is 2.64. The molecule has 1 atom stereocenters. The summed E-state index contributed by atoms with van der Waals surface area (Å²) < 4.78 is 0. The number of anilines is 1. The molecule has 0 radical (unpaired) electrons. The van der Waals surface area contributed by atoms with Crippen LogP contribution in [0.15, 0.2) is 18.2 Å². The molecule has 17 heavy (non-hydrogen) atoms. The number of nitrogens with two attached hydrogens (primary N) is 1. The molecule has 0 bridgehead atoms. The average Bonchev–Trinajstić information content (AvgIpc) is 2.63. The number of rotatable bonds is 3. The summed E-state index contributed by atoms with van der Waals surface area (Å²) in [6.45, 7) is 2.20. The van der Waals surface area contributed by atoms with Gasteiger partial charge < -0.3 is 16.0 Å². The smallest absolute Gasteiger partial charge is 0.105 e. The number of halogens is 1. The van der Waals surface area contributed by atoms with Gasteiger partial charge in [-0.15, -0.1) is 0 Å². The molecule has 0 aliphatic carbocycles. The normalized spacial score (nSPS) is 20.5. The molecule has 1 aromatic carbocycles. The Morgan fingerprint density at radius 2 is 2.35 bits per heavy atom. The van der Waals surface area contributed by atoms with Crippen LogP contribution in [0.5, 0.6) is 0 Å². The van der Waals surface area contributed by atoms with Crippen molar-refractivity contribution in [3.63, 3.8) is 0 Å². The zero-order chi connectivity index (χ0) is 12.4. The lowest BCUT2D eigenvalue weighted by atomic mass is 10.2. The fourth-order valence-corrected chi connectivity index (χ4v) is 2.61. The molecule has 92 valence electrons. The van der Waals surface area contributed by atoms with E-state index in [9.17, 15) is 0 Å². The molecule has 1 saturated heterocycles. The van der Waals surface area contributed by atoms with E-state index in [0.29, 0.717) is 16.1 Å². The van der Waals surface area contributed by atoms with Crippen molar-refractivity contribution in [3.8, 4) is 0 Å². The minimum atomic E-state index is 0.335. The molecule has 1 aliphatic rings. The first kappa shape index (κ1) is 12.6. The molecule has 0 amide bonds. The van der Waals surface area contributed by atoms with E-state index in [2.05, 4.69) is 17.3 Å². The van der Waals surface area contributed by atoms with E-state index in [4.69, 9.17) is 29.6 Å². The van der Waals surface area contributed by atoms with Crippen molar-refractivity contribution in [1.29, 1.82) is 0 Å². The Balaban J connectivity index is 2.07. The molecule has 3 nitrogen and oxygen atoms in total. The third-order valence-corrected chi connectivity index (χ3v) is 3.53. The average molecular weight is 270 g/mol. The predicted octanol–water partition coefficient (Wildman–Crippen LogP) is 2.09. The van der Waals surface area contributed by atoms with Crippen LogP contribution in [-0.4, -0.2) is 36.1 Å². The molecule has 0 spiro atoms. The molecule has 1 aromatic rings. The van der Waals surface area contributed by atoms with Crippen LogP contribution in [0.25, 0.3) is 0 Å². The zero-order valence-electron chi connectivity index (χ0n) is 9.74. The van der Waals surface area contributed by atoms with E-state index in [1.54, 1.807) is 0 Å². The first-order valence-corrected chi connectivity index (χ1v) is 6.39. The Morgan fingerprint density at radius 3 is 2.88 bits per heavy atom. The standard InChI is InChI=1S/C12H16ClN3S/c1-16-5-4-9(7-16)15-8-2-3-10(12(14)17)11(13)6-8/h2-3,6,9,15H,4-5,7H2,1H3,(H2,14,17). The molecular formula is C12H16ClN3S. The van der Waals surface area contributed by atoms with E-state index in [0.717, 1.165) is 30.8 Å². The highest BCUT2D eigenvalue weighted by atomic mass is 35.5. The van der Waals surface area contributed by atoms with Gasteiger partial charge in [0, 0.05) is 23.8 Å². The summed E-state index contributed by atoms with van der Waals surface area (Å²) in [6.07, 6.45) is 1.16. The van der Waals surface area contributed by atoms with Crippen molar-refractivity contribution in [2.24, 2.45) is 5.73 Å². The fourth-order valence-electron chi connectivity index (χ4n) is 2.09. The summed E-state index contributed by atoms with van der Waals surface area (Å²) in [5.74, 6) is 0. The van der Waals surface area contributed by atoms with Crippen molar-refractivity contribution >= 4 is 34.5 Å². The molecule has 1 aliphatic heterocycles. The number of nitrogens with zero attached hydrogens (tertiary/aromatic N) is 1. The van der Waals surface area contributed by atoms with Crippen LogP contribution in [-0.2, 0) is 0 Å². The molecular weight excluding hydrogens is 254 g/mol. The molecule has 2 rings (SSSR count). The monoisotopic (exact) mass is 269 g/mol. The minimum Gasteiger partial charge on any atom is -0.389 e. The summed E-state index contributed by atoms with van der Waals surface area (Å²) in [7, 11) is 2.13.